The van der Waals surface area contributed by atoms with E-state index in [0.717, 1.165) is 45.4 Å². The Balaban J connectivity index is 1.81. The second-order valence-corrected chi connectivity index (χ2v) is 6.19. The number of hydrogen-bond donors (Lipinski definition) is 0. The number of carbonyl (C=O) groups excluding carboxylic acids is 2. The Morgan fingerprint density at radius 3 is 2.48 bits per heavy atom. The molecule has 120 valence electrons. The Hall–Kier alpha value is -1.10. The van der Waals surface area contributed by atoms with E-state index in [-0.39, 0.29) is 17.9 Å². The third-order valence-electron chi connectivity index (χ3n) is 4.74. The third kappa shape index (κ3) is 4.19. The molecular weight excluding hydrogens is 266 g/mol. The van der Waals surface area contributed by atoms with Crippen LogP contribution in [-0.4, -0.2) is 71.8 Å². The van der Waals surface area contributed by atoms with Crippen LogP contribution in [0.4, 0.5) is 0 Å². The van der Waals surface area contributed by atoms with Crippen LogP contribution in [0.15, 0.2) is 0 Å². The molecular formula is C16H29N3O2. The Bertz CT molecular complexity index is 367. The van der Waals surface area contributed by atoms with E-state index in [2.05, 4.69) is 4.90 Å². The fourth-order valence-corrected chi connectivity index (χ4v) is 3.53. The maximum Gasteiger partial charge on any atom is 0.245 e. The number of likely N-dealkylation sites (tertiary alicyclic amines) is 2. The van der Waals surface area contributed by atoms with E-state index >= 15 is 0 Å². The summed E-state index contributed by atoms with van der Waals surface area (Å²) in [6.07, 6.45) is 5.42. The van der Waals surface area contributed by atoms with Crippen molar-refractivity contribution in [2.45, 2.75) is 52.0 Å². The van der Waals surface area contributed by atoms with Crippen LogP contribution in [0.2, 0.25) is 0 Å². The molecule has 2 aliphatic heterocycles. The van der Waals surface area contributed by atoms with Crippen molar-refractivity contribution in [1.29, 1.82) is 0 Å². The molecule has 1 atom stereocenters. The van der Waals surface area contributed by atoms with Crippen molar-refractivity contribution in [3.8, 4) is 0 Å². The maximum absolute atomic E-state index is 12.6. The number of likely N-dealkylation sites (N-methyl/N-ethyl adjacent to an activating group) is 1. The highest BCUT2D eigenvalue weighted by molar-refractivity contribution is 5.87. The smallest absolute Gasteiger partial charge is 0.245 e. The molecule has 0 aromatic heterocycles. The lowest BCUT2D eigenvalue weighted by Gasteiger charge is -2.29. The lowest BCUT2D eigenvalue weighted by Crippen LogP contribution is -2.47. The summed E-state index contributed by atoms with van der Waals surface area (Å²) in [5.41, 5.74) is 0. The van der Waals surface area contributed by atoms with Crippen LogP contribution in [0, 0.1) is 0 Å². The molecule has 2 amide bonds. The van der Waals surface area contributed by atoms with Gasteiger partial charge in [0.05, 0.1) is 0 Å². The van der Waals surface area contributed by atoms with Gasteiger partial charge in [-0.15, -0.1) is 0 Å². The quantitative estimate of drug-likeness (QED) is 0.742. The second kappa shape index (κ2) is 7.78. The van der Waals surface area contributed by atoms with Crippen molar-refractivity contribution >= 4 is 11.8 Å². The van der Waals surface area contributed by atoms with Crippen molar-refractivity contribution < 1.29 is 9.59 Å². The predicted molar refractivity (Wildman–Crippen MR) is 83.0 cm³/mol. The van der Waals surface area contributed by atoms with E-state index in [1.54, 1.807) is 11.8 Å². The van der Waals surface area contributed by atoms with Crippen LogP contribution in [-0.2, 0) is 9.59 Å². The van der Waals surface area contributed by atoms with E-state index in [1.807, 2.05) is 11.8 Å². The van der Waals surface area contributed by atoms with Gasteiger partial charge in [0.2, 0.25) is 11.8 Å². The number of hydrogen-bond acceptors (Lipinski definition) is 3. The highest BCUT2D eigenvalue weighted by Gasteiger charge is 2.34. The van der Waals surface area contributed by atoms with Crippen molar-refractivity contribution in [2.75, 3.05) is 39.3 Å². The van der Waals surface area contributed by atoms with Crippen molar-refractivity contribution in [1.82, 2.24) is 14.7 Å². The molecule has 0 radical (unpaired) electrons. The average molecular weight is 295 g/mol. The largest absolute Gasteiger partial charge is 0.341 e. The molecule has 0 aromatic carbocycles. The number of amides is 2. The number of rotatable bonds is 6. The van der Waals surface area contributed by atoms with Gasteiger partial charge in [-0.25, -0.2) is 0 Å². The number of nitrogens with zero attached hydrogens (tertiary/aromatic N) is 3. The van der Waals surface area contributed by atoms with Crippen LogP contribution in [0.3, 0.4) is 0 Å². The lowest BCUT2D eigenvalue weighted by molar-refractivity contribution is -0.142. The van der Waals surface area contributed by atoms with Crippen molar-refractivity contribution in [3.63, 3.8) is 0 Å². The van der Waals surface area contributed by atoms with Crippen LogP contribution < -0.4 is 0 Å². The number of carbonyl (C=O) groups is 2. The zero-order chi connectivity index (χ0) is 15.2. The SMILES string of the molecule is CCN(CCCN1CCCC1)C(=O)[C@H]1CCCN1C(C)=O. The summed E-state index contributed by atoms with van der Waals surface area (Å²) >= 11 is 0. The molecule has 0 saturated carbocycles. The Kier molecular flexibility index (Phi) is 6.03. The summed E-state index contributed by atoms with van der Waals surface area (Å²) in [4.78, 5) is 30.4. The minimum Gasteiger partial charge on any atom is -0.341 e. The van der Waals surface area contributed by atoms with Gasteiger partial charge in [-0.3, -0.25) is 9.59 Å². The lowest BCUT2D eigenvalue weighted by atomic mass is 10.2. The van der Waals surface area contributed by atoms with Gasteiger partial charge in [-0.1, -0.05) is 0 Å². The zero-order valence-electron chi connectivity index (χ0n) is 13.5. The van der Waals surface area contributed by atoms with Gasteiger partial charge in [0, 0.05) is 26.6 Å². The van der Waals surface area contributed by atoms with Crippen molar-refractivity contribution in [2.24, 2.45) is 0 Å². The molecule has 5 heteroatoms. The van der Waals surface area contributed by atoms with Crippen molar-refractivity contribution in [3.05, 3.63) is 0 Å². The molecule has 0 aromatic rings. The predicted octanol–water partition coefficient (Wildman–Crippen LogP) is 1.33. The summed E-state index contributed by atoms with van der Waals surface area (Å²) < 4.78 is 0. The van der Waals surface area contributed by atoms with Crippen LogP contribution in [0.25, 0.3) is 0 Å². The molecule has 2 rings (SSSR count). The van der Waals surface area contributed by atoms with E-state index in [1.165, 1.54) is 25.9 Å². The first-order valence-corrected chi connectivity index (χ1v) is 8.42. The first-order chi connectivity index (χ1) is 10.1. The molecule has 0 bridgehead atoms. The molecule has 0 aliphatic carbocycles. The first-order valence-electron chi connectivity index (χ1n) is 8.42. The van der Waals surface area contributed by atoms with Crippen LogP contribution in [0.1, 0.15) is 46.0 Å². The van der Waals surface area contributed by atoms with Gasteiger partial charge in [0.25, 0.3) is 0 Å². The maximum atomic E-state index is 12.6. The Morgan fingerprint density at radius 2 is 1.86 bits per heavy atom. The second-order valence-electron chi connectivity index (χ2n) is 6.19. The molecule has 0 spiro atoms. The Labute approximate surface area is 128 Å². The summed E-state index contributed by atoms with van der Waals surface area (Å²) in [5, 5.41) is 0. The normalized spacial score (nSPS) is 22.8. The highest BCUT2D eigenvalue weighted by atomic mass is 16.2. The monoisotopic (exact) mass is 295 g/mol. The van der Waals surface area contributed by atoms with E-state index in [4.69, 9.17) is 0 Å². The molecule has 2 aliphatic rings. The molecule has 0 N–H and O–H groups in total. The fourth-order valence-electron chi connectivity index (χ4n) is 3.53. The van der Waals surface area contributed by atoms with Crippen LogP contribution >= 0.6 is 0 Å². The molecule has 21 heavy (non-hydrogen) atoms. The minimum atomic E-state index is -0.214. The summed E-state index contributed by atoms with van der Waals surface area (Å²) in [6.45, 7) is 9.38. The summed E-state index contributed by atoms with van der Waals surface area (Å²) in [5.74, 6) is 0.172. The molecule has 2 saturated heterocycles. The Morgan fingerprint density at radius 1 is 1.14 bits per heavy atom. The van der Waals surface area contributed by atoms with Gasteiger partial charge in [-0.05, 0) is 58.7 Å². The summed E-state index contributed by atoms with van der Waals surface area (Å²) in [7, 11) is 0. The summed E-state index contributed by atoms with van der Waals surface area (Å²) in [6, 6.07) is -0.214. The third-order valence-corrected chi connectivity index (χ3v) is 4.74. The van der Waals surface area contributed by atoms with E-state index in [9.17, 15) is 9.59 Å². The fraction of sp³-hybridized carbons (Fsp3) is 0.875. The van der Waals surface area contributed by atoms with Gasteiger partial charge < -0.3 is 14.7 Å². The highest BCUT2D eigenvalue weighted by Crippen LogP contribution is 2.19. The standard InChI is InChI=1S/C16H29N3O2/c1-3-18(12-7-11-17-9-4-5-10-17)16(21)15-8-6-13-19(15)14(2)20/h15H,3-13H2,1-2H3/t15-/m1/s1. The van der Waals surface area contributed by atoms with Gasteiger partial charge in [0.15, 0.2) is 0 Å². The molecule has 0 unspecified atom stereocenters. The van der Waals surface area contributed by atoms with Gasteiger partial charge in [-0.2, -0.15) is 0 Å². The van der Waals surface area contributed by atoms with E-state index in [0.29, 0.717) is 0 Å². The molecule has 2 fully saturated rings. The van der Waals surface area contributed by atoms with Crippen LogP contribution in [0.5, 0.6) is 0 Å². The molecule has 2 heterocycles. The van der Waals surface area contributed by atoms with Gasteiger partial charge >= 0.3 is 0 Å². The average Bonchev–Trinajstić information content (AvgIpc) is 3.13. The van der Waals surface area contributed by atoms with E-state index < -0.39 is 0 Å². The minimum absolute atomic E-state index is 0.0268. The topological polar surface area (TPSA) is 43.9 Å². The first kappa shape index (κ1) is 16.3. The zero-order valence-corrected chi connectivity index (χ0v) is 13.5. The van der Waals surface area contributed by atoms with Gasteiger partial charge in [0.1, 0.15) is 6.04 Å². The molecule has 5 nitrogen and oxygen atoms in total.